The maximum atomic E-state index is 11.3. The molecule has 0 aromatic carbocycles. The molecule has 0 saturated carbocycles. The van der Waals surface area contributed by atoms with Gasteiger partial charge < -0.3 is 0 Å². The van der Waals surface area contributed by atoms with E-state index in [0.717, 1.165) is 0 Å². The molecule has 0 aromatic rings. The van der Waals surface area contributed by atoms with Crippen molar-refractivity contribution >= 4 is 11.6 Å². The van der Waals surface area contributed by atoms with Crippen LogP contribution in [-0.4, -0.2) is 11.6 Å². The molecule has 0 fully saturated rings. The van der Waals surface area contributed by atoms with Crippen molar-refractivity contribution in [3.8, 4) is 0 Å². The Morgan fingerprint density at radius 3 is 1.71 bits per heavy atom. The Morgan fingerprint density at radius 2 is 1.71 bits per heavy atom. The van der Waals surface area contributed by atoms with Gasteiger partial charge >= 0.3 is 5.38 Å². The van der Waals surface area contributed by atoms with Crippen molar-refractivity contribution in [3.63, 3.8) is 0 Å². The van der Waals surface area contributed by atoms with Gasteiger partial charge in [-0.2, -0.15) is 8.78 Å². The molecule has 0 nitrogen and oxygen atoms in total. The lowest BCUT2D eigenvalue weighted by atomic mass is 10.5. The maximum Gasteiger partial charge on any atom is 0.352 e. The molecule has 0 radical (unpaired) electrons. The minimum atomic E-state index is -3.69. The summed E-state index contributed by atoms with van der Waals surface area (Å²) in [5.41, 5.74) is 0. The summed E-state index contributed by atoms with van der Waals surface area (Å²) in [4.78, 5) is 0. The number of hydrogen-bond donors (Lipinski definition) is 0. The Hall–Kier alpha value is 0.0800. The van der Waals surface area contributed by atoms with Gasteiger partial charge in [0.15, 0.2) is 6.17 Å². The van der Waals surface area contributed by atoms with Gasteiger partial charge in [0.05, 0.1) is 0 Å². The molecule has 0 saturated heterocycles. The van der Waals surface area contributed by atoms with Gasteiger partial charge in [0.2, 0.25) is 0 Å². The van der Waals surface area contributed by atoms with Crippen molar-refractivity contribution in [1.29, 1.82) is 0 Å². The number of halogens is 4. The third-order valence-electron chi connectivity index (χ3n) is 0.451. The van der Waals surface area contributed by atoms with Crippen molar-refractivity contribution < 1.29 is 13.2 Å². The zero-order valence-corrected chi connectivity index (χ0v) is 4.35. The van der Waals surface area contributed by atoms with Crippen LogP contribution in [0.3, 0.4) is 0 Å². The summed E-state index contributed by atoms with van der Waals surface area (Å²) in [5.74, 6) is 0. The van der Waals surface area contributed by atoms with Crippen LogP contribution in [0.4, 0.5) is 13.2 Å². The molecule has 7 heavy (non-hydrogen) atoms. The molecule has 0 bridgehead atoms. The lowest BCUT2D eigenvalue weighted by Crippen LogP contribution is -2.18. The summed E-state index contributed by atoms with van der Waals surface area (Å²) in [6.07, 6.45) is -2.27. The van der Waals surface area contributed by atoms with E-state index < -0.39 is 11.6 Å². The number of alkyl halides is 4. The smallest absolute Gasteiger partial charge is 0.240 e. The van der Waals surface area contributed by atoms with Gasteiger partial charge in [-0.3, -0.25) is 0 Å². The quantitative estimate of drug-likeness (QED) is 0.480. The average molecular weight is 133 g/mol. The first-order chi connectivity index (χ1) is 2.94. The van der Waals surface area contributed by atoms with Crippen LogP contribution < -0.4 is 0 Å². The van der Waals surface area contributed by atoms with Crippen LogP contribution >= 0.6 is 11.6 Å². The lowest BCUT2D eigenvalue weighted by Gasteiger charge is -2.05. The van der Waals surface area contributed by atoms with E-state index >= 15 is 0 Å². The van der Waals surface area contributed by atoms with Crippen LogP contribution in [0.5, 0.6) is 0 Å². The van der Waals surface area contributed by atoms with Gasteiger partial charge in [-0.15, -0.1) is 0 Å². The second-order valence-electron chi connectivity index (χ2n) is 1.16. The van der Waals surface area contributed by atoms with Gasteiger partial charge in [-0.25, -0.2) is 4.39 Å². The van der Waals surface area contributed by atoms with Gasteiger partial charge in [0, 0.05) is 0 Å². The highest BCUT2D eigenvalue weighted by Crippen LogP contribution is 2.24. The fourth-order valence-corrected chi connectivity index (χ4v) is 0. The molecule has 0 spiro atoms. The van der Waals surface area contributed by atoms with E-state index in [9.17, 15) is 13.2 Å². The molecule has 1 atom stereocenters. The second kappa shape index (κ2) is 1.90. The molecule has 0 heterocycles. The topological polar surface area (TPSA) is 0 Å². The monoisotopic (exact) mass is 132 g/mol. The highest BCUT2D eigenvalue weighted by molar-refractivity contribution is 6.22. The molecule has 1 unspecified atom stereocenters. The molecule has 44 valence electrons. The molecule has 0 aromatic heterocycles. The predicted octanol–water partition coefficient (Wildman–Crippen LogP) is 2.18. The Bertz CT molecular complexity index is 55.7. The van der Waals surface area contributed by atoms with Crippen molar-refractivity contribution in [1.82, 2.24) is 0 Å². The molecule has 0 N–H and O–H groups in total. The normalized spacial score (nSPS) is 16.7. The molecule has 0 rings (SSSR count). The third-order valence-corrected chi connectivity index (χ3v) is 0.752. The van der Waals surface area contributed by atoms with E-state index in [1.165, 1.54) is 0 Å². The summed E-state index contributed by atoms with van der Waals surface area (Å²) in [7, 11) is 0. The Morgan fingerprint density at radius 1 is 1.57 bits per heavy atom. The molecule has 0 aliphatic carbocycles. The fourth-order valence-electron chi connectivity index (χ4n) is 0. The van der Waals surface area contributed by atoms with E-state index in [2.05, 4.69) is 11.6 Å². The first-order valence-electron chi connectivity index (χ1n) is 1.65. The largest absolute Gasteiger partial charge is 0.352 e. The second-order valence-corrected chi connectivity index (χ2v) is 1.66. The Kier molecular flexibility index (Phi) is 1.92. The van der Waals surface area contributed by atoms with Gasteiger partial charge in [0.1, 0.15) is 0 Å². The molecular weight excluding hydrogens is 128 g/mol. The zero-order valence-electron chi connectivity index (χ0n) is 3.59. The number of hydrogen-bond acceptors (Lipinski definition) is 0. The van der Waals surface area contributed by atoms with Crippen molar-refractivity contribution in [2.24, 2.45) is 0 Å². The van der Waals surface area contributed by atoms with Crippen molar-refractivity contribution in [2.45, 2.75) is 18.5 Å². The lowest BCUT2D eigenvalue weighted by molar-refractivity contribution is 0.0160. The maximum absolute atomic E-state index is 11.3. The van der Waals surface area contributed by atoms with E-state index in [1.807, 2.05) is 0 Å². The van der Waals surface area contributed by atoms with E-state index in [4.69, 9.17) is 0 Å². The molecule has 0 aliphatic heterocycles. The standard InChI is InChI=1S/C3H4ClF3/c1-2(5)3(4,6)7/h2H,1H3. The summed E-state index contributed by atoms with van der Waals surface area (Å²) < 4.78 is 33.8. The molecule has 0 aliphatic rings. The first-order valence-corrected chi connectivity index (χ1v) is 2.03. The average Bonchev–Trinajstić information content (AvgIpc) is 1.31. The first kappa shape index (κ1) is 7.08. The van der Waals surface area contributed by atoms with Gasteiger partial charge in [-0.1, -0.05) is 0 Å². The molecule has 4 heteroatoms. The van der Waals surface area contributed by atoms with Crippen molar-refractivity contribution in [2.75, 3.05) is 0 Å². The highest BCUT2D eigenvalue weighted by Gasteiger charge is 2.33. The summed E-state index contributed by atoms with van der Waals surface area (Å²) >= 11 is 4.16. The minimum Gasteiger partial charge on any atom is -0.240 e. The van der Waals surface area contributed by atoms with Crippen molar-refractivity contribution in [3.05, 3.63) is 0 Å². The highest BCUT2D eigenvalue weighted by atomic mass is 35.5. The van der Waals surface area contributed by atoms with Crippen LogP contribution in [0.1, 0.15) is 6.92 Å². The Labute approximate surface area is 44.3 Å². The van der Waals surface area contributed by atoms with E-state index in [-0.39, 0.29) is 0 Å². The predicted molar refractivity (Wildman–Crippen MR) is 21.4 cm³/mol. The zero-order chi connectivity index (χ0) is 6.08. The van der Waals surface area contributed by atoms with E-state index in [0.29, 0.717) is 6.92 Å². The summed E-state index contributed by atoms with van der Waals surface area (Å²) in [6, 6.07) is 0. The van der Waals surface area contributed by atoms with Crippen LogP contribution in [-0.2, 0) is 0 Å². The number of rotatable bonds is 1. The molecular formula is C3H4ClF3. The molecule has 0 amide bonds. The SMILES string of the molecule is CC(F)C(F)(F)Cl. The summed E-state index contributed by atoms with van der Waals surface area (Å²) in [6.45, 7) is 0.701. The van der Waals surface area contributed by atoms with Crippen LogP contribution in [0.25, 0.3) is 0 Å². The summed E-state index contributed by atoms with van der Waals surface area (Å²) in [5, 5.41) is -3.69. The van der Waals surface area contributed by atoms with E-state index in [1.54, 1.807) is 0 Å². The fraction of sp³-hybridized carbons (Fsp3) is 1.00. The minimum absolute atomic E-state index is 0.701. The van der Waals surface area contributed by atoms with Gasteiger partial charge in [0.25, 0.3) is 0 Å². The Balaban J connectivity index is 3.54. The van der Waals surface area contributed by atoms with Crippen LogP contribution in [0.2, 0.25) is 0 Å². The van der Waals surface area contributed by atoms with Gasteiger partial charge in [-0.05, 0) is 18.5 Å². The third kappa shape index (κ3) is 2.74. The van der Waals surface area contributed by atoms with Crippen LogP contribution in [0.15, 0.2) is 0 Å². The van der Waals surface area contributed by atoms with Crippen LogP contribution in [0, 0.1) is 0 Å².